The first-order chi connectivity index (χ1) is 9.67. The van der Waals surface area contributed by atoms with Crippen LogP contribution in [-0.4, -0.2) is 9.97 Å². The Morgan fingerprint density at radius 3 is 2.85 bits per heavy atom. The van der Waals surface area contributed by atoms with Crippen molar-refractivity contribution in [1.82, 2.24) is 9.97 Å². The van der Waals surface area contributed by atoms with Gasteiger partial charge in [0.15, 0.2) is 0 Å². The Kier molecular flexibility index (Phi) is 3.51. The Labute approximate surface area is 126 Å². The van der Waals surface area contributed by atoms with E-state index in [1.807, 2.05) is 11.4 Å². The van der Waals surface area contributed by atoms with Crippen molar-refractivity contribution in [1.29, 1.82) is 0 Å². The van der Waals surface area contributed by atoms with E-state index in [0.717, 1.165) is 10.2 Å². The Balaban J connectivity index is 2.04. The molecule has 8 heteroatoms. The van der Waals surface area contributed by atoms with Gasteiger partial charge in [0.2, 0.25) is 5.95 Å². The molecule has 5 nitrogen and oxygen atoms in total. The SMILES string of the molecule is NNc1nc(Nc2ccc(Br)c(F)c2)c2ccsc2n1. The van der Waals surface area contributed by atoms with Crippen LogP contribution in [-0.2, 0) is 0 Å². The molecule has 0 aliphatic rings. The molecule has 102 valence electrons. The molecule has 0 unspecified atom stereocenters. The van der Waals surface area contributed by atoms with Crippen LogP contribution in [0.1, 0.15) is 0 Å². The van der Waals surface area contributed by atoms with Gasteiger partial charge in [-0.25, -0.2) is 15.2 Å². The van der Waals surface area contributed by atoms with E-state index in [4.69, 9.17) is 5.84 Å². The zero-order chi connectivity index (χ0) is 14.1. The van der Waals surface area contributed by atoms with E-state index in [0.29, 0.717) is 21.9 Å². The number of hydrogen-bond acceptors (Lipinski definition) is 6. The lowest BCUT2D eigenvalue weighted by atomic mass is 10.3. The third-order valence-corrected chi connectivity index (χ3v) is 4.09. The summed E-state index contributed by atoms with van der Waals surface area (Å²) in [7, 11) is 0. The monoisotopic (exact) mass is 353 g/mol. The van der Waals surface area contributed by atoms with Crippen molar-refractivity contribution in [2.24, 2.45) is 5.84 Å². The van der Waals surface area contributed by atoms with Crippen molar-refractivity contribution < 1.29 is 4.39 Å². The first kappa shape index (κ1) is 13.2. The Hall–Kier alpha value is -1.77. The van der Waals surface area contributed by atoms with E-state index < -0.39 is 0 Å². The second-order valence-corrected chi connectivity index (χ2v) is 5.68. The van der Waals surface area contributed by atoms with E-state index in [9.17, 15) is 4.39 Å². The summed E-state index contributed by atoms with van der Waals surface area (Å²) in [6.07, 6.45) is 0. The lowest BCUT2D eigenvalue weighted by molar-refractivity contribution is 0.622. The number of benzene rings is 1. The third-order valence-electron chi connectivity index (χ3n) is 2.64. The quantitative estimate of drug-likeness (QED) is 0.495. The van der Waals surface area contributed by atoms with E-state index in [-0.39, 0.29) is 5.82 Å². The van der Waals surface area contributed by atoms with Crippen LogP contribution in [0.15, 0.2) is 34.1 Å². The van der Waals surface area contributed by atoms with Gasteiger partial charge in [0.25, 0.3) is 0 Å². The van der Waals surface area contributed by atoms with Crippen molar-refractivity contribution in [2.45, 2.75) is 0 Å². The van der Waals surface area contributed by atoms with E-state index in [1.54, 1.807) is 12.1 Å². The molecule has 0 aliphatic carbocycles. The number of nitrogens with one attached hydrogen (secondary N) is 2. The van der Waals surface area contributed by atoms with Gasteiger partial charge in [0.1, 0.15) is 16.5 Å². The fourth-order valence-electron chi connectivity index (χ4n) is 1.73. The van der Waals surface area contributed by atoms with Crippen molar-refractivity contribution in [3.8, 4) is 0 Å². The molecular weight excluding hydrogens is 345 g/mol. The van der Waals surface area contributed by atoms with E-state index in [1.165, 1.54) is 17.4 Å². The molecule has 0 atom stereocenters. The van der Waals surface area contributed by atoms with E-state index in [2.05, 4.69) is 36.6 Å². The summed E-state index contributed by atoms with van der Waals surface area (Å²) >= 11 is 4.60. The summed E-state index contributed by atoms with van der Waals surface area (Å²) in [6.45, 7) is 0. The number of nitrogens with zero attached hydrogens (tertiary/aromatic N) is 2. The van der Waals surface area contributed by atoms with Crippen LogP contribution in [0.4, 0.5) is 21.8 Å². The summed E-state index contributed by atoms with van der Waals surface area (Å²) in [5.41, 5.74) is 3.02. The number of nitrogens with two attached hydrogens (primary N) is 1. The summed E-state index contributed by atoms with van der Waals surface area (Å²) < 4.78 is 13.9. The zero-order valence-corrected chi connectivity index (χ0v) is 12.4. The highest BCUT2D eigenvalue weighted by atomic mass is 79.9. The summed E-state index contributed by atoms with van der Waals surface area (Å²) in [6, 6.07) is 6.67. The molecule has 4 N–H and O–H groups in total. The van der Waals surface area contributed by atoms with Crippen LogP contribution in [0.2, 0.25) is 0 Å². The van der Waals surface area contributed by atoms with Gasteiger partial charge in [-0.2, -0.15) is 4.98 Å². The van der Waals surface area contributed by atoms with Crippen molar-refractivity contribution in [3.63, 3.8) is 0 Å². The topological polar surface area (TPSA) is 75.9 Å². The second-order valence-electron chi connectivity index (χ2n) is 3.93. The smallest absolute Gasteiger partial charge is 0.240 e. The number of hydrogen-bond donors (Lipinski definition) is 3. The number of halogens is 2. The minimum absolute atomic E-state index is 0.306. The van der Waals surface area contributed by atoms with Crippen LogP contribution in [0, 0.1) is 5.82 Å². The average Bonchev–Trinajstić information content (AvgIpc) is 2.91. The molecule has 0 aliphatic heterocycles. The Morgan fingerprint density at radius 1 is 1.25 bits per heavy atom. The number of fused-ring (bicyclic) bond motifs is 1. The van der Waals surface area contributed by atoms with Gasteiger partial charge in [-0.1, -0.05) is 0 Å². The lowest BCUT2D eigenvalue weighted by Crippen LogP contribution is -2.11. The molecule has 2 aromatic heterocycles. The van der Waals surface area contributed by atoms with Gasteiger partial charge in [-0.3, -0.25) is 5.43 Å². The van der Waals surface area contributed by atoms with Gasteiger partial charge in [0, 0.05) is 5.69 Å². The standard InChI is InChI=1S/C12H9BrFN5S/c13-8-2-1-6(5-9(8)14)16-10-7-3-4-20-11(7)18-12(17-10)19-15/h1-5H,15H2,(H2,16,17,18,19). The Morgan fingerprint density at radius 2 is 2.10 bits per heavy atom. The van der Waals surface area contributed by atoms with Crippen molar-refractivity contribution >= 4 is 54.9 Å². The molecular formula is C12H9BrFN5S. The van der Waals surface area contributed by atoms with E-state index >= 15 is 0 Å². The number of thiophene rings is 1. The fourth-order valence-corrected chi connectivity index (χ4v) is 2.74. The van der Waals surface area contributed by atoms with Gasteiger partial charge in [0.05, 0.1) is 9.86 Å². The summed E-state index contributed by atoms with van der Waals surface area (Å²) in [5, 5.41) is 5.84. The number of anilines is 3. The molecule has 0 bridgehead atoms. The molecule has 3 aromatic rings. The van der Waals surface area contributed by atoms with Gasteiger partial charge >= 0.3 is 0 Å². The van der Waals surface area contributed by atoms with Crippen LogP contribution >= 0.6 is 27.3 Å². The molecule has 0 saturated heterocycles. The first-order valence-corrected chi connectivity index (χ1v) is 7.28. The maximum Gasteiger partial charge on any atom is 0.240 e. The highest BCUT2D eigenvalue weighted by Gasteiger charge is 2.09. The van der Waals surface area contributed by atoms with Crippen molar-refractivity contribution in [2.75, 3.05) is 10.7 Å². The van der Waals surface area contributed by atoms with Gasteiger partial charge in [-0.15, -0.1) is 11.3 Å². The number of hydrazine groups is 1. The maximum absolute atomic E-state index is 13.5. The third kappa shape index (κ3) is 2.45. The molecule has 0 amide bonds. The average molecular weight is 354 g/mol. The zero-order valence-electron chi connectivity index (χ0n) is 10.0. The maximum atomic E-state index is 13.5. The van der Waals surface area contributed by atoms with Crippen LogP contribution < -0.4 is 16.6 Å². The lowest BCUT2D eigenvalue weighted by Gasteiger charge is -2.09. The van der Waals surface area contributed by atoms with Gasteiger partial charge in [-0.05, 0) is 45.6 Å². The second kappa shape index (κ2) is 5.31. The van der Waals surface area contributed by atoms with Gasteiger partial charge < -0.3 is 5.32 Å². The summed E-state index contributed by atoms with van der Waals surface area (Å²) in [5.74, 6) is 5.89. The number of rotatable bonds is 3. The minimum Gasteiger partial charge on any atom is -0.339 e. The highest BCUT2D eigenvalue weighted by molar-refractivity contribution is 9.10. The minimum atomic E-state index is -0.345. The van der Waals surface area contributed by atoms with Crippen molar-refractivity contribution in [3.05, 3.63) is 39.9 Å². The van der Waals surface area contributed by atoms with Crippen LogP contribution in [0.3, 0.4) is 0 Å². The Bertz CT molecular complexity index is 776. The molecule has 0 radical (unpaired) electrons. The summed E-state index contributed by atoms with van der Waals surface area (Å²) in [4.78, 5) is 9.29. The number of aromatic nitrogens is 2. The molecule has 0 saturated carbocycles. The molecule has 3 rings (SSSR count). The normalized spacial score (nSPS) is 10.8. The predicted octanol–water partition coefficient (Wildman–Crippen LogP) is 3.62. The first-order valence-electron chi connectivity index (χ1n) is 5.61. The molecule has 0 fully saturated rings. The van der Waals surface area contributed by atoms with Crippen LogP contribution in [0.5, 0.6) is 0 Å². The van der Waals surface area contributed by atoms with Crippen LogP contribution in [0.25, 0.3) is 10.2 Å². The largest absolute Gasteiger partial charge is 0.339 e. The highest BCUT2D eigenvalue weighted by Crippen LogP contribution is 2.29. The predicted molar refractivity (Wildman–Crippen MR) is 82.6 cm³/mol. The molecule has 20 heavy (non-hydrogen) atoms. The molecule has 2 heterocycles. The molecule has 1 aromatic carbocycles. The molecule has 0 spiro atoms. The fraction of sp³-hybridized carbons (Fsp3) is 0. The number of nitrogen functional groups attached to an aromatic ring is 1.